The summed E-state index contributed by atoms with van der Waals surface area (Å²) in [4.78, 5) is 21.8. The summed E-state index contributed by atoms with van der Waals surface area (Å²) in [6, 6.07) is 3.93. The van der Waals surface area contributed by atoms with Crippen LogP contribution >= 0.6 is 15.9 Å². The molecule has 0 unspecified atom stereocenters. The van der Waals surface area contributed by atoms with E-state index in [0.29, 0.717) is 6.54 Å². The van der Waals surface area contributed by atoms with Gasteiger partial charge in [-0.05, 0) is 29.7 Å². The van der Waals surface area contributed by atoms with Gasteiger partial charge in [0.2, 0.25) is 12.6 Å². The molecule has 1 amide bonds. The number of ether oxygens (including phenoxy) is 2. The Balaban J connectivity index is 1.55. The molecule has 0 radical (unpaired) electrons. The van der Waals surface area contributed by atoms with Gasteiger partial charge in [-0.3, -0.25) is 9.69 Å². The van der Waals surface area contributed by atoms with E-state index in [-0.39, 0.29) is 12.6 Å². The molecular weight excluding hydrogens is 376 g/mol. The van der Waals surface area contributed by atoms with Gasteiger partial charge < -0.3 is 15.2 Å². The lowest BCUT2D eigenvalue weighted by atomic mass is 10.1. The van der Waals surface area contributed by atoms with Crippen molar-refractivity contribution < 1.29 is 14.3 Å². The average Bonchev–Trinajstić information content (AvgIpc) is 3.01. The fourth-order valence-corrected chi connectivity index (χ4v) is 3.38. The van der Waals surface area contributed by atoms with E-state index in [1.807, 2.05) is 12.1 Å². The molecule has 3 heterocycles. The zero-order chi connectivity index (χ0) is 16.7. The highest BCUT2D eigenvalue weighted by molar-refractivity contribution is 9.10. The van der Waals surface area contributed by atoms with E-state index in [2.05, 4.69) is 30.8 Å². The first-order valence-electron chi connectivity index (χ1n) is 7.55. The number of nitrogens with zero attached hydrogens (tertiary/aromatic N) is 3. The van der Waals surface area contributed by atoms with Crippen molar-refractivity contribution in [3.63, 3.8) is 0 Å². The topological polar surface area (TPSA) is 90.6 Å². The third kappa shape index (κ3) is 2.83. The lowest BCUT2D eigenvalue weighted by Gasteiger charge is -2.28. The van der Waals surface area contributed by atoms with Gasteiger partial charge >= 0.3 is 0 Å². The molecule has 8 heteroatoms. The predicted molar refractivity (Wildman–Crippen MR) is 88.6 cm³/mol. The second-order valence-corrected chi connectivity index (χ2v) is 6.64. The maximum Gasteiger partial charge on any atom is 0.286 e. The summed E-state index contributed by atoms with van der Waals surface area (Å²) < 4.78 is 11.8. The molecule has 0 bridgehead atoms. The summed E-state index contributed by atoms with van der Waals surface area (Å²) in [6.07, 6.45) is 2.55. The molecule has 1 aromatic carbocycles. The molecule has 0 atom stereocenters. The number of hydrogen-bond donors (Lipinski definition) is 1. The Morgan fingerprint density at radius 3 is 2.92 bits per heavy atom. The van der Waals surface area contributed by atoms with Crippen molar-refractivity contribution in [3.05, 3.63) is 45.4 Å². The zero-order valence-electron chi connectivity index (χ0n) is 12.8. The van der Waals surface area contributed by atoms with Crippen LogP contribution < -0.4 is 15.2 Å². The predicted octanol–water partition coefficient (Wildman–Crippen LogP) is 1.62. The van der Waals surface area contributed by atoms with E-state index < -0.39 is 5.91 Å². The molecule has 2 aliphatic rings. The van der Waals surface area contributed by atoms with E-state index in [1.54, 1.807) is 6.20 Å². The molecule has 0 fully saturated rings. The lowest BCUT2D eigenvalue weighted by molar-refractivity contribution is 0.0989. The zero-order valence-corrected chi connectivity index (χ0v) is 14.4. The average molecular weight is 391 g/mol. The van der Waals surface area contributed by atoms with Crippen LogP contribution in [0.5, 0.6) is 11.5 Å². The van der Waals surface area contributed by atoms with Gasteiger partial charge in [-0.2, -0.15) is 0 Å². The van der Waals surface area contributed by atoms with Crippen molar-refractivity contribution in [2.24, 2.45) is 5.73 Å². The molecule has 124 valence electrons. The minimum absolute atomic E-state index is 0.0693. The van der Waals surface area contributed by atoms with Crippen LogP contribution in [0.15, 0.2) is 22.8 Å². The van der Waals surface area contributed by atoms with Crippen LogP contribution in [0.25, 0.3) is 0 Å². The molecule has 1 aromatic heterocycles. The van der Waals surface area contributed by atoms with E-state index in [0.717, 1.165) is 52.3 Å². The molecule has 4 rings (SSSR count). The van der Waals surface area contributed by atoms with Gasteiger partial charge in [-0.15, -0.1) is 0 Å². The number of amides is 1. The van der Waals surface area contributed by atoms with Crippen molar-refractivity contribution >= 4 is 21.8 Å². The number of hydrogen-bond acceptors (Lipinski definition) is 6. The van der Waals surface area contributed by atoms with Crippen molar-refractivity contribution in [1.82, 2.24) is 14.9 Å². The molecule has 24 heavy (non-hydrogen) atoms. The SMILES string of the molecule is NC(=O)c1ncc2c(n1)CN(Cc1cc3c(cc1Br)OCO3)CC2. The van der Waals surface area contributed by atoms with Gasteiger partial charge in [0.15, 0.2) is 11.5 Å². The number of halogens is 1. The maximum atomic E-state index is 11.3. The standard InChI is InChI=1S/C16H15BrN4O3/c17-11-4-14-13(23-8-24-14)3-10(11)6-21-2-1-9-5-19-16(15(18)22)20-12(9)7-21/h3-5H,1-2,6-8H2,(H2,18,22). The molecule has 0 saturated carbocycles. The molecular formula is C16H15BrN4O3. The number of carbonyl (C=O) groups excluding carboxylic acids is 1. The van der Waals surface area contributed by atoms with Crippen LogP contribution in [0.1, 0.15) is 27.4 Å². The van der Waals surface area contributed by atoms with Gasteiger partial charge in [0, 0.05) is 30.3 Å². The number of fused-ring (bicyclic) bond motifs is 2. The first kappa shape index (κ1) is 15.3. The van der Waals surface area contributed by atoms with Crippen LogP contribution in [0, 0.1) is 0 Å². The van der Waals surface area contributed by atoms with Crippen LogP contribution in [0.4, 0.5) is 0 Å². The second kappa shape index (κ2) is 6.03. The molecule has 2 N–H and O–H groups in total. The van der Waals surface area contributed by atoms with Crippen molar-refractivity contribution in [3.8, 4) is 11.5 Å². The van der Waals surface area contributed by atoms with E-state index in [1.165, 1.54) is 0 Å². The molecule has 2 aromatic rings. The number of aromatic nitrogens is 2. The second-order valence-electron chi connectivity index (χ2n) is 5.79. The summed E-state index contributed by atoms with van der Waals surface area (Å²) in [6.45, 7) is 2.55. The summed E-state index contributed by atoms with van der Waals surface area (Å²) >= 11 is 3.59. The molecule has 0 saturated heterocycles. The fraction of sp³-hybridized carbons (Fsp3) is 0.312. The smallest absolute Gasteiger partial charge is 0.286 e. The number of carbonyl (C=O) groups is 1. The Morgan fingerprint density at radius 1 is 1.33 bits per heavy atom. The van der Waals surface area contributed by atoms with Crippen molar-refractivity contribution in [1.29, 1.82) is 0 Å². The van der Waals surface area contributed by atoms with E-state index in [4.69, 9.17) is 15.2 Å². The van der Waals surface area contributed by atoms with E-state index >= 15 is 0 Å². The highest BCUT2D eigenvalue weighted by Crippen LogP contribution is 2.37. The Hall–Kier alpha value is -2.19. The summed E-state index contributed by atoms with van der Waals surface area (Å²) in [5, 5.41) is 0. The van der Waals surface area contributed by atoms with Crippen LogP contribution in [-0.4, -0.2) is 34.1 Å². The highest BCUT2D eigenvalue weighted by atomic mass is 79.9. The molecule has 0 spiro atoms. The van der Waals surface area contributed by atoms with Gasteiger partial charge in [0.1, 0.15) is 0 Å². The molecule has 0 aliphatic carbocycles. The van der Waals surface area contributed by atoms with Gasteiger partial charge in [-0.1, -0.05) is 15.9 Å². The van der Waals surface area contributed by atoms with Gasteiger partial charge in [0.25, 0.3) is 5.91 Å². The number of primary amides is 1. The summed E-state index contributed by atoms with van der Waals surface area (Å²) in [5.41, 5.74) is 8.32. The van der Waals surface area contributed by atoms with Crippen LogP contribution in [-0.2, 0) is 19.5 Å². The Morgan fingerprint density at radius 2 is 2.12 bits per heavy atom. The summed E-state index contributed by atoms with van der Waals surface area (Å²) in [5.74, 6) is 0.991. The summed E-state index contributed by atoms with van der Waals surface area (Å²) in [7, 11) is 0. The first-order valence-corrected chi connectivity index (χ1v) is 8.34. The number of nitrogens with two attached hydrogens (primary N) is 1. The number of rotatable bonds is 3. The highest BCUT2D eigenvalue weighted by Gasteiger charge is 2.22. The molecule has 2 aliphatic heterocycles. The first-order chi connectivity index (χ1) is 11.6. The maximum absolute atomic E-state index is 11.3. The largest absolute Gasteiger partial charge is 0.454 e. The van der Waals surface area contributed by atoms with E-state index in [9.17, 15) is 4.79 Å². The van der Waals surface area contributed by atoms with Gasteiger partial charge in [-0.25, -0.2) is 9.97 Å². The monoisotopic (exact) mass is 390 g/mol. The Labute approximate surface area is 146 Å². The third-order valence-corrected chi connectivity index (χ3v) is 4.92. The Bertz CT molecular complexity index is 827. The fourth-order valence-electron chi connectivity index (χ4n) is 2.93. The van der Waals surface area contributed by atoms with Crippen LogP contribution in [0.3, 0.4) is 0 Å². The number of benzene rings is 1. The normalized spacial score (nSPS) is 16.0. The third-order valence-electron chi connectivity index (χ3n) is 4.18. The lowest BCUT2D eigenvalue weighted by Crippen LogP contribution is -2.32. The Kier molecular flexibility index (Phi) is 3.85. The van der Waals surface area contributed by atoms with Crippen molar-refractivity contribution in [2.75, 3.05) is 13.3 Å². The minimum Gasteiger partial charge on any atom is -0.454 e. The van der Waals surface area contributed by atoms with Crippen LogP contribution in [0.2, 0.25) is 0 Å². The van der Waals surface area contributed by atoms with Crippen molar-refractivity contribution in [2.45, 2.75) is 19.5 Å². The quantitative estimate of drug-likeness (QED) is 0.856. The molecule has 7 nitrogen and oxygen atoms in total. The van der Waals surface area contributed by atoms with Gasteiger partial charge in [0.05, 0.1) is 5.69 Å². The minimum atomic E-state index is -0.603.